The minimum atomic E-state index is -5.88. The van der Waals surface area contributed by atoms with Gasteiger partial charge in [-0.2, -0.15) is 0 Å². The van der Waals surface area contributed by atoms with E-state index in [4.69, 9.17) is 30.3 Å². The molecular formula is C15H21N2Na3O19P2. The van der Waals surface area contributed by atoms with Crippen LogP contribution in [0.3, 0.4) is 0 Å². The molecule has 41 heavy (non-hydrogen) atoms. The Morgan fingerprint density at radius 3 is 2.05 bits per heavy atom. The molecule has 0 spiro atoms. The second-order valence-corrected chi connectivity index (χ2v) is 9.93. The molecule has 2 rings (SSSR count). The minimum absolute atomic E-state index is 0. The second-order valence-electron chi connectivity index (χ2n) is 7.23. The molecule has 5 unspecified atom stereocenters. The zero-order valence-electron chi connectivity index (χ0n) is 21.4. The Kier molecular flexibility index (Phi) is 22.6. The SMILES string of the molecule is O=CC(O)C(O)C(O)C(O)C(=O)O.O=c1ccn([C@@H]2O[C@H](COP(=O)([O-])OP(=O)([O-])[O-])[C@@H](O)[C@H]2O)c(=O)[nH]1.[Na+].[Na+].[Na+]. The van der Waals surface area contributed by atoms with Gasteiger partial charge in [-0.1, -0.05) is 0 Å². The number of ether oxygens (including phenoxy) is 1. The standard InChI is InChI=1S/C9H14N2O12P2.C6H10O7.3Na/c12-5-1-2-11(9(15)10-5)8-7(14)6(13)4(22-8)3-21-25(19,20)23-24(16,17)18;7-1-2(8)3(9)4(10)5(11)6(12)13;;;/h1-2,4,6-8,13-14H,3H2,(H,19,20)(H,10,12,15)(H2,16,17,18);1-5,8-11H,(H,12,13);;;/q;;3*+1/p-3/t4-,6-,7-,8-;;;;/m1..../s1. The number of aromatic nitrogens is 2. The number of carboxylic acid groups (broad SMARTS) is 1. The van der Waals surface area contributed by atoms with Crippen LogP contribution in [0.25, 0.3) is 0 Å². The number of aliphatic hydroxyl groups excluding tert-OH is 6. The van der Waals surface area contributed by atoms with Crippen LogP contribution in [0.5, 0.6) is 0 Å². The van der Waals surface area contributed by atoms with E-state index >= 15 is 0 Å². The third-order valence-electron chi connectivity index (χ3n) is 4.48. The number of carboxylic acids is 1. The fraction of sp³-hybridized carbons (Fsp3) is 0.600. The van der Waals surface area contributed by atoms with Gasteiger partial charge in [0.05, 0.1) is 14.4 Å². The van der Waals surface area contributed by atoms with E-state index in [9.17, 15) is 53.2 Å². The van der Waals surface area contributed by atoms with E-state index in [1.54, 1.807) is 0 Å². The van der Waals surface area contributed by atoms with Crippen LogP contribution in [0, 0.1) is 0 Å². The Bertz CT molecular complexity index is 1180. The summed E-state index contributed by atoms with van der Waals surface area (Å²) in [5.41, 5.74) is -1.69. The van der Waals surface area contributed by atoms with Gasteiger partial charge in [0.25, 0.3) is 13.4 Å². The van der Waals surface area contributed by atoms with Gasteiger partial charge >= 0.3 is 100 Å². The summed E-state index contributed by atoms with van der Waals surface area (Å²) in [6.07, 6.45) is -13.9. The number of phosphoric acid groups is 2. The minimum Gasteiger partial charge on any atom is -0.790 e. The molecular weight excluding hydrogens is 643 g/mol. The maximum Gasteiger partial charge on any atom is 1.00 e. The van der Waals surface area contributed by atoms with E-state index in [2.05, 4.69) is 8.83 Å². The summed E-state index contributed by atoms with van der Waals surface area (Å²) in [7, 11) is -11.4. The Morgan fingerprint density at radius 1 is 1.07 bits per heavy atom. The Hall–Kier alpha value is 0.800. The Balaban J connectivity index is -0.000000780. The predicted molar refractivity (Wildman–Crippen MR) is 107 cm³/mol. The number of aliphatic carboxylic acids is 1. The number of nitrogens with zero attached hydrogens (tertiary/aromatic N) is 1. The number of carbonyl (C=O) groups is 2. The molecule has 2 heterocycles. The molecule has 0 aromatic carbocycles. The van der Waals surface area contributed by atoms with Crippen LogP contribution >= 0.6 is 15.6 Å². The summed E-state index contributed by atoms with van der Waals surface area (Å²) in [6.45, 7) is -1.02. The first-order valence-electron chi connectivity index (χ1n) is 9.73. The predicted octanol–water partition coefficient (Wildman–Crippen LogP) is -16.8. The summed E-state index contributed by atoms with van der Waals surface area (Å²) < 4.78 is 34.6. The smallest absolute Gasteiger partial charge is 0.790 e. The molecule has 1 aromatic heterocycles. The van der Waals surface area contributed by atoms with Gasteiger partial charge in [-0.3, -0.25) is 23.2 Å². The summed E-state index contributed by atoms with van der Waals surface area (Å²) in [4.78, 5) is 76.2. The number of carbonyl (C=O) groups excluding carboxylic acids is 1. The summed E-state index contributed by atoms with van der Waals surface area (Å²) in [6, 6.07) is 0.938. The van der Waals surface area contributed by atoms with Crippen LogP contribution in [0.1, 0.15) is 6.23 Å². The fourth-order valence-corrected chi connectivity index (χ4v) is 4.15. The Morgan fingerprint density at radius 2 is 1.61 bits per heavy atom. The van der Waals surface area contributed by atoms with Gasteiger partial charge in [-0.05, 0) is 0 Å². The molecule has 0 aliphatic carbocycles. The molecule has 8 N–H and O–H groups in total. The van der Waals surface area contributed by atoms with Gasteiger partial charge in [-0.15, -0.1) is 0 Å². The van der Waals surface area contributed by atoms with Crippen molar-refractivity contribution < 1.29 is 171 Å². The normalized spacial score (nSPS) is 24.3. The third-order valence-corrected chi connectivity index (χ3v) is 6.54. The molecule has 21 nitrogen and oxygen atoms in total. The van der Waals surface area contributed by atoms with Crippen molar-refractivity contribution in [2.24, 2.45) is 0 Å². The third kappa shape index (κ3) is 15.1. The summed E-state index contributed by atoms with van der Waals surface area (Å²) in [5, 5.41) is 62.9. The molecule has 1 aromatic rings. The van der Waals surface area contributed by atoms with Crippen LogP contribution in [0.15, 0.2) is 21.9 Å². The van der Waals surface area contributed by atoms with E-state index in [0.29, 0.717) is 0 Å². The van der Waals surface area contributed by atoms with Crippen molar-refractivity contribution in [3.05, 3.63) is 33.1 Å². The fourth-order valence-electron chi connectivity index (χ4n) is 2.65. The van der Waals surface area contributed by atoms with Crippen LogP contribution in [-0.4, -0.2) is 107 Å². The van der Waals surface area contributed by atoms with Gasteiger partial charge in [0.2, 0.25) is 0 Å². The largest absolute Gasteiger partial charge is 1.00 e. The number of hydrogen-bond acceptors (Lipinski definition) is 18. The van der Waals surface area contributed by atoms with Crippen molar-refractivity contribution >= 4 is 27.9 Å². The molecule has 218 valence electrons. The van der Waals surface area contributed by atoms with E-state index in [-0.39, 0.29) is 95.0 Å². The topological polar surface area (TPSA) is 362 Å². The molecule has 1 saturated heterocycles. The van der Waals surface area contributed by atoms with Crippen molar-refractivity contribution in [1.29, 1.82) is 0 Å². The van der Waals surface area contributed by atoms with Crippen LogP contribution in [0.4, 0.5) is 0 Å². The van der Waals surface area contributed by atoms with Crippen LogP contribution in [0.2, 0.25) is 0 Å². The van der Waals surface area contributed by atoms with Crippen molar-refractivity contribution in [3.63, 3.8) is 0 Å². The first-order chi connectivity index (χ1) is 17.3. The number of aliphatic hydroxyl groups is 6. The van der Waals surface area contributed by atoms with Crippen molar-refractivity contribution in [3.8, 4) is 0 Å². The van der Waals surface area contributed by atoms with E-state index in [0.717, 1.165) is 16.8 Å². The number of nitrogens with one attached hydrogen (secondary N) is 1. The van der Waals surface area contributed by atoms with Crippen molar-refractivity contribution in [2.45, 2.75) is 49.0 Å². The summed E-state index contributed by atoms with van der Waals surface area (Å²) >= 11 is 0. The number of phosphoric ester groups is 1. The number of aromatic amines is 1. The maximum atomic E-state index is 11.6. The van der Waals surface area contributed by atoms with Gasteiger partial charge < -0.3 is 69.0 Å². The van der Waals surface area contributed by atoms with Crippen molar-refractivity contribution in [1.82, 2.24) is 9.55 Å². The number of H-pyrrole nitrogens is 1. The van der Waals surface area contributed by atoms with Crippen LogP contribution in [-0.2, 0) is 32.3 Å². The van der Waals surface area contributed by atoms with E-state index in [1.807, 2.05) is 4.98 Å². The average molecular weight is 664 g/mol. The van der Waals surface area contributed by atoms with Crippen LogP contribution < -0.4 is 115 Å². The maximum absolute atomic E-state index is 11.6. The monoisotopic (exact) mass is 664 g/mol. The first-order valence-corrected chi connectivity index (χ1v) is 12.7. The molecule has 0 amide bonds. The molecule has 1 aliphatic heterocycles. The molecule has 26 heteroatoms. The molecule has 9 atom stereocenters. The molecule has 0 saturated carbocycles. The number of rotatable bonds is 11. The van der Waals surface area contributed by atoms with E-state index in [1.165, 1.54) is 0 Å². The van der Waals surface area contributed by atoms with Gasteiger partial charge in [0.1, 0.15) is 36.6 Å². The second kappa shape index (κ2) is 20.0. The van der Waals surface area contributed by atoms with Gasteiger partial charge in [-0.25, -0.2) is 9.59 Å². The average Bonchev–Trinajstić information content (AvgIpc) is 3.08. The van der Waals surface area contributed by atoms with E-state index < -0.39 is 88.4 Å². The number of hydrogen-bond donors (Lipinski definition) is 8. The molecule has 1 aliphatic rings. The van der Waals surface area contributed by atoms with Gasteiger partial charge in [0, 0.05) is 12.3 Å². The quantitative estimate of drug-likeness (QED) is 0.0618. The zero-order valence-corrected chi connectivity index (χ0v) is 29.2. The zero-order chi connectivity index (χ0) is 29.6. The molecule has 0 bridgehead atoms. The number of aldehydes is 1. The molecule has 1 fully saturated rings. The summed E-state index contributed by atoms with van der Waals surface area (Å²) in [5.74, 6) is -1.76. The molecule has 0 radical (unpaired) electrons. The first kappa shape index (κ1) is 46.2. The Labute approximate surface area is 294 Å². The van der Waals surface area contributed by atoms with Gasteiger partial charge in [0.15, 0.2) is 18.6 Å². The van der Waals surface area contributed by atoms with Crippen molar-refractivity contribution in [2.75, 3.05) is 6.61 Å².